The number of carbonyl (C=O) groups excluding carboxylic acids is 1. The Bertz CT molecular complexity index is 503. The summed E-state index contributed by atoms with van der Waals surface area (Å²) in [6.07, 6.45) is 3.03. The molecule has 2 rings (SSSR count). The van der Waals surface area contributed by atoms with Gasteiger partial charge < -0.3 is 15.1 Å². The Morgan fingerprint density at radius 3 is 2.78 bits per heavy atom. The van der Waals surface area contributed by atoms with E-state index in [1.54, 1.807) is 6.92 Å². The number of rotatable bonds is 2. The molecule has 0 aromatic carbocycles. The second-order valence-electron chi connectivity index (χ2n) is 4.74. The van der Waals surface area contributed by atoms with Crippen LogP contribution in [0.1, 0.15) is 23.7 Å². The van der Waals surface area contributed by atoms with E-state index in [2.05, 4.69) is 4.98 Å². The molecular formula is C12H14N2O4. The van der Waals surface area contributed by atoms with Gasteiger partial charge in [0.2, 0.25) is 0 Å². The molecule has 1 atom stereocenters. The predicted octanol–water partition coefficient (Wildman–Crippen LogP) is 0.724. The first-order valence-electron chi connectivity index (χ1n) is 5.60. The van der Waals surface area contributed by atoms with E-state index < -0.39 is 11.4 Å². The van der Waals surface area contributed by atoms with Crippen molar-refractivity contribution in [3.05, 3.63) is 24.0 Å². The molecule has 6 nitrogen and oxygen atoms in total. The maximum absolute atomic E-state index is 12.1. The summed E-state index contributed by atoms with van der Waals surface area (Å²) < 4.78 is 0. The fourth-order valence-electron chi connectivity index (χ4n) is 2.05. The maximum atomic E-state index is 12.1. The number of aromatic nitrogens is 1. The predicted molar refractivity (Wildman–Crippen MR) is 62.2 cm³/mol. The van der Waals surface area contributed by atoms with Gasteiger partial charge >= 0.3 is 5.97 Å². The number of aromatic hydroxyl groups is 1. The van der Waals surface area contributed by atoms with Gasteiger partial charge in [-0.25, -0.2) is 0 Å². The van der Waals surface area contributed by atoms with Crippen LogP contribution in [0, 0.1) is 5.41 Å². The van der Waals surface area contributed by atoms with Crippen LogP contribution in [-0.2, 0) is 4.79 Å². The Kier molecular flexibility index (Phi) is 2.94. The SMILES string of the molecule is CC1(C(=O)O)CCN(C(=O)c2ccncc2O)C1. The van der Waals surface area contributed by atoms with Crippen molar-refractivity contribution in [2.45, 2.75) is 13.3 Å². The Morgan fingerprint density at radius 2 is 2.22 bits per heavy atom. The third kappa shape index (κ3) is 2.01. The van der Waals surface area contributed by atoms with Crippen molar-refractivity contribution < 1.29 is 19.8 Å². The number of likely N-dealkylation sites (tertiary alicyclic amines) is 1. The minimum Gasteiger partial charge on any atom is -0.505 e. The van der Waals surface area contributed by atoms with E-state index in [0.717, 1.165) is 0 Å². The number of carboxylic acid groups (broad SMARTS) is 1. The van der Waals surface area contributed by atoms with E-state index in [1.807, 2.05) is 0 Å². The van der Waals surface area contributed by atoms with E-state index in [-0.39, 0.29) is 23.8 Å². The lowest BCUT2D eigenvalue weighted by atomic mass is 9.90. The number of amides is 1. The molecule has 6 heteroatoms. The number of carboxylic acids is 1. The number of carbonyl (C=O) groups is 2. The Hall–Kier alpha value is -2.11. The minimum atomic E-state index is -0.906. The molecule has 1 aromatic heterocycles. The van der Waals surface area contributed by atoms with E-state index in [4.69, 9.17) is 5.11 Å². The van der Waals surface area contributed by atoms with Gasteiger partial charge in [0.05, 0.1) is 17.2 Å². The lowest BCUT2D eigenvalue weighted by molar-refractivity contribution is -0.147. The standard InChI is InChI=1S/C12H14N2O4/c1-12(11(17)18)3-5-14(7-12)10(16)8-2-4-13-6-9(8)15/h2,4,6,15H,3,5,7H2,1H3,(H,17,18). The van der Waals surface area contributed by atoms with Crippen LogP contribution >= 0.6 is 0 Å². The largest absolute Gasteiger partial charge is 0.505 e. The zero-order valence-corrected chi connectivity index (χ0v) is 9.96. The van der Waals surface area contributed by atoms with Crippen molar-refractivity contribution in [1.82, 2.24) is 9.88 Å². The van der Waals surface area contributed by atoms with Crippen LogP contribution in [-0.4, -0.2) is 45.1 Å². The Labute approximate surface area is 104 Å². The van der Waals surface area contributed by atoms with Crippen molar-refractivity contribution in [1.29, 1.82) is 0 Å². The maximum Gasteiger partial charge on any atom is 0.311 e. The molecule has 1 aromatic rings. The van der Waals surface area contributed by atoms with Crippen molar-refractivity contribution in [3.8, 4) is 5.75 Å². The smallest absolute Gasteiger partial charge is 0.311 e. The highest BCUT2D eigenvalue weighted by Gasteiger charge is 2.42. The summed E-state index contributed by atoms with van der Waals surface area (Å²) in [6.45, 7) is 2.15. The average molecular weight is 250 g/mol. The molecule has 18 heavy (non-hydrogen) atoms. The number of aliphatic carboxylic acids is 1. The second kappa shape index (κ2) is 4.29. The van der Waals surface area contributed by atoms with Gasteiger partial charge in [-0.05, 0) is 19.4 Å². The lowest BCUT2D eigenvalue weighted by Crippen LogP contribution is -2.34. The number of hydrogen-bond donors (Lipinski definition) is 2. The van der Waals surface area contributed by atoms with E-state index in [0.29, 0.717) is 13.0 Å². The summed E-state index contributed by atoms with van der Waals surface area (Å²) in [6, 6.07) is 1.42. The Morgan fingerprint density at radius 1 is 1.50 bits per heavy atom. The zero-order valence-electron chi connectivity index (χ0n) is 9.96. The normalized spacial score (nSPS) is 23.1. The molecule has 1 aliphatic rings. The highest BCUT2D eigenvalue weighted by atomic mass is 16.4. The Balaban J connectivity index is 2.18. The van der Waals surface area contributed by atoms with Crippen molar-refractivity contribution in [2.24, 2.45) is 5.41 Å². The molecule has 0 saturated carbocycles. The highest BCUT2D eigenvalue weighted by molar-refractivity contribution is 5.97. The summed E-state index contributed by atoms with van der Waals surface area (Å²) in [5, 5.41) is 18.7. The molecule has 2 N–H and O–H groups in total. The summed E-state index contributed by atoms with van der Waals surface area (Å²) in [4.78, 5) is 28.4. The summed E-state index contributed by atoms with van der Waals surface area (Å²) >= 11 is 0. The quantitative estimate of drug-likeness (QED) is 0.807. The average Bonchev–Trinajstić information content (AvgIpc) is 2.73. The molecule has 1 amide bonds. The van der Waals surface area contributed by atoms with Gasteiger partial charge in [-0.2, -0.15) is 0 Å². The van der Waals surface area contributed by atoms with E-state index in [1.165, 1.54) is 23.4 Å². The number of pyridine rings is 1. The molecule has 1 aliphatic heterocycles. The van der Waals surface area contributed by atoms with Gasteiger partial charge in [-0.1, -0.05) is 0 Å². The molecule has 96 valence electrons. The number of hydrogen-bond acceptors (Lipinski definition) is 4. The summed E-state index contributed by atoms with van der Waals surface area (Å²) in [5.74, 6) is -1.46. The van der Waals surface area contributed by atoms with Gasteiger partial charge in [0.15, 0.2) is 0 Å². The molecule has 0 aliphatic carbocycles. The van der Waals surface area contributed by atoms with Gasteiger partial charge in [-0.3, -0.25) is 14.6 Å². The van der Waals surface area contributed by atoms with Crippen molar-refractivity contribution in [3.63, 3.8) is 0 Å². The summed E-state index contributed by atoms with van der Waals surface area (Å²) in [7, 11) is 0. The topological polar surface area (TPSA) is 90.7 Å². The zero-order chi connectivity index (χ0) is 13.3. The van der Waals surface area contributed by atoms with Gasteiger partial charge in [-0.15, -0.1) is 0 Å². The summed E-state index contributed by atoms with van der Waals surface area (Å²) in [5.41, 5.74) is -0.752. The van der Waals surface area contributed by atoms with E-state index >= 15 is 0 Å². The van der Waals surface area contributed by atoms with Crippen molar-refractivity contribution in [2.75, 3.05) is 13.1 Å². The first kappa shape index (κ1) is 12.3. The van der Waals surface area contributed by atoms with Crippen LogP contribution in [0.25, 0.3) is 0 Å². The van der Waals surface area contributed by atoms with Crippen LogP contribution in [0.4, 0.5) is 0 Å². The molecular weight excluding hydrogens is 236 g/mol. The monoisotopic (exact) mass is 250 g/mol. The molecule has 0 spiro atoms. The molecule has 1 unspecified atom stereocenters. The van der Waals surface area contributed by atoms with Crippen LogP contribution in [0.5, 0.6) is 5.75 Å². The number of nitrogens with zero attached hydrogens (tertiary/aromatic N) is 2. The highest BCUT2D eigenvalue weighted by Crippen LogP contribution is 2.31. The third-order valence-electron chi connectivity index (χ3n) is 3.31. The molecule has 2 heterocycles. The van der Waals surface area contributed by atoms with Gasteiger partial charge in [0, 0.05) is 19.3 Å². The van der Waals surface area contributed by atoms with Crippen LogP contribution in [0.3, 0.4) is 0 Å². The fraction of sp³-hybridized carbons (Fsp3) is 0.417. The first-order chi connectivity index (χ1) is 8.44. The molecule has 1 saturated heterocycles. The minimum absolute atomic E-state index is 0.152. The molecule has 0 radical (unpaired) electrons. The van der Waals surface area contributed by atoms with Crippen LogP contribution in [0.15, 0.2) is 18.5 Å². The van der Waals surface area contributed by atoms with Gasteiger partial charge in [0.1, 0.15) is 5.75 Å². The molecule has 0 bridgehead atoms. The fourth-order valence-corrected chi connectivity index (χ4v) is 2.05. The first-order valence-corrected chi connectivity index (χ1v) is 5.60. The van der Waals surface area contributed by atoms with E-state index in [9.17, 15) is 14.7 Å². The molecule has 1 fully saturated rings. The van der Waals surface area contributed by atoms with Crippen molar-refractivity contribution >= 4 is 11.9 Å². The van der Waals surface area contributed by atoms with Crippen LogP contribution in [0.2, 0.25) is 0 Å². The third-order valence-corrected chi connectivity index (χ3v) is 3.31. The lowest BCUT2D eigenvalue weighted by Gasteiger charge is -2.20. The van der Waals surface area contributed by atoms with Gasteiger partial charge in [0.25, 0.3) is 5.91 Å². The second-order valence-corrected chi connectivity index (χ2v) is 4.74. The van der Waals surface area contributed by atoms with Crippen LogP contribution < -0.4 is 0 Å².